The van der Waals surface area contributed by atoms with Gasteiger partial charge in [0.15, 0.2) is 0 Å². The molecule has 5 nitrogen and oxygen atoms in total. The molecule has 0 radical (unpaired) electrons. The molecule has 0 aliphatic heterocycles. The Bertz CT molecular complexity index is 391. The van der Waals surface area contributed by atoms with Gasteiger partial charge in [-0.25, -0.2) is 0 Å². The van der Waals surface area contributed by atoms with Crippen LogP contribution in [-0.2, 0) is 4.79 Å². The number of methoxy groups -OCH3 is 1. The Balaban J connectivity index is 2.10. The zero-order valence-corrected chi connectivity index (χ0v) is 12.4. The molecule has 20 heavy (non-hydrogen) atoms. The van der Waals surface area contributed by atoms with E-state index < -0.39 is 0 Å². The summed E-state index contributed by atoms with van der Waals surface area (Å²) in [5, 5.41) is 6.02. The minimum Gasteiger partial charge on any atom is -0.497 e. The van der Waals surface area contributed by atoms with Crippen LogP contribution in [0.5, 0.6) is 11.5 Å². The van der Waals surface area contributed by atoms with Gasteiger partial charge >= 0.3 is 0 Å². The lowest BCUT2D eigenvalue weighted by Crippen LogP contribution is -2.32. The monoisotopic (exact) mass is 280 g/mol. The van der Waals surface area contributed by atoms with Crippen molar-refractivity contribution in [1.29, 1.82) is 0 Å². The second-order valence-corrected chi connectivity index (χ2v) is 4.73. The molecule has 0 saturated heterocycles. The summed E-state index contributed by atoms with van der Waals surface area (Å²) < 4.78 is 10.6. The number of hydrogen-bond donors (Lipinski definition) is 2. The Morgan fingerprint density at radius 2 is 1.80 bits per heavy atom. The smallest absolute Gasteiger partial charge is 0.221 e. The third-order valence-electron chi connectivity index (χ3n) is 2.66. The molecule has 0 aliphatic rings. The van der Waals surface area contributed by atoms with Crippen molar-refractivity contribution in [1.82, 2.24) is 10.6 Å². The average Bonchev–Trinajstić information content (AvgIpc) is 2.44. The van der Waals surface area contributed by atoms with Gasteiger partial charge in [0.1, 0.15) is 18.1 Å². The lowest BCUT2D eigenvalue weighted by Gasteiger charge is -2.09. The molecule has 1 aromatic rings. The van der Waals surface area contributed by atoms with Crippen LogP contribution in [0.2, 0.25) is 0 Å². The van der Waals surface area contributed by atoms with E-state index in [9.17, 15) is 4.79 Å². The van der Waals surface area contributed by atoms with Gasteiger partial charge in [0.05, 0.1) is 13.7 Å². The van der Waals surface area contributed by atoms with Gasteiger partial charge in [0.2, 0.25) is 5.91 Å². The van der Waals surface area contributed by atoms with Crippen LogP contribution in [0.4, 0.5) is 0 Å². The van der Waals surface area contributed by atoms with E-state index in [0.717, 1.165) is 11.5 Å². The second-order valence-electron chi connectivity index (χ2n) is 4.73. The summed E-state index contributed by atoms with van der Waals surface area (Å²) in [6.45, 7) is 5.77. The van der Waals surface area contributed by atoms with E-state index in [1.165, 1.54) is 0 Å². The SMILES string of the molecule is COc1ccc(OCCNC(=O)CCNC(C)C)cc1. The fraction of sp³-hybridized carbons (Fsp3) is 0.533. The summed E-state index contributed by atoms with van der Waals surface area (Å²) in [6, 6.07) is 7.76. The van der Waals surface area contributed by atoms with Gasteiger partial charge in [0, 0.05) is 19.0 Å². The second kappa shape index (κ2) is 9.20. The minimum absolute atomic E-state index is 0.0384. The number of benzene rings is 1. The average molecular weight is 280 g/mol. The van der Waals surface area contributed by atoms with Crippen molar-refractivity contribution in [2.45, 2.75) is 26.3 Å². The molecule has 0 unspecified atom stereocenters. The third-order valence-corrected chi connectivity index (χ3v) is 2.66. The molecule has 0 fully saturated rings. The van der Waals surface area contributed by atoms with E-state index >= 15 is 0 Å². The number of carbonyl (C=O) groups is 1. The van der Waals surface area contributed by atoms with Crippen LogP contribution in [0.15, 0.2) is 24.3 Å². The number of amides is 1. The Kier molecular flexibility index (Phi) is 7.50. The quantitative estimate of drug-likeness (QED) is 0.674. The van der Waals surface area contributed by atoms with Gasteiger partial charge in [-0.05, 0) is 24.3 Å². The van der Waals surface area contributed by atoms with Gasteiger partial charge < -0.3 is 20.1 Å². The fourth-order valence-corrected chi connectivity index (χ4v) is 1.59. The first-order chi connectivity index (χ1) is 9.61. The van der Waals surface area contributed by atoms with Crippen LogP contribution in [0, 0.1) is 0 Å². The Labute approximate surface area is 120 Å². The first-order valence-corrected chi connectivity index (χ1v) is 6.88. The number of carbonyl (C=O) groups excluding carboxylic acids is 1. The minimum atomic E-state index is 0.0384. The maximum Gasteiger partial charge on any atom is 0.221 e. The van der Waals surface area contributed by atoms with Gasteiger partial charge in [-0.2, -0.15) is 0 Å². The lowest BCUT2D eigenvalue weighted by molar-refractivity contribution is -0.121. The van der Waals surface area contributed by atoms with Crippen molar-refractivity contribution in [3.05, 3.63) is 24.3 Å². The zero-order chi connectivity index (χ0) is 14.8. The molecule has 0 heterocycles. The topological polar surface area (TPSA) is 59.6 Å². The largest absolute Gasteiger partial charge is 0.497 e. The summed E-state index contributed by atoms with van der Waals surface area (Å²) in [5.74, 6) is 1.60. The molecule has 0 aliphatic carbocycles. The zero-order valence-electron chi connectivity index (χ0n) is 12.4. The molecule has 0 atom stereocenters. The van der Waals surface area contributed by atoms with Gasteiger partial charge in [-0.1, -0.05) is 13.8 Å². The Hall–Kier alpha value is -1.75. The molecule has 1 amide bonds. The molecule has 0 saturated carbocycles. The molecule has 5 heteroatoms. The molecule has 112 valence electrons. The fourth-order valence-electron chi connectivity index (χ4n) is 1.59. The van der Waals surface area contributed by atoms with Crippen LogP contribution in [0.3, 0.4) is 0 Å². The van der Waals surface area contributed by atoms with Crippen molar-refractivity contribution >= 4 is 5.91 Å². The number of ether oxygens (including phenoxy) is 2. The number of nitrogens with one attached hydrogen (secondary N) is 2. The Morgan fingerprint density at radius 3 is 2.40 bits per heavy atom. The highest BCUT2D eigenvalue weighted by Crippen LogP contribution is 2.16. The summed E-state index contributed by atoms with van der Waals surface area (Å²) in [7, 11) is 1.62. The summed E-state index contributed by atoms with van der Waals surface area (Å²) >= 11 is 0. The van der Waals surface area contributed by atoms with Crippen LogP contribution in [0.1, 0.15) is 20.3 Å². The van der Waals surface area contributed by atoms with Crippen LogP contribution >= 0.6 is 0 Å². The summed E-state index contributed by atoms with van der Waals surface area (Å²) in [6.07, 6.45) is 0.487. The van der Waals surface area contributed by atoms with E-state index in [0.29, 0.717) is 32.2 Å². The van der Waals surface area contributed by atoms with E-state index in [1.807, 2.05) is 24.3 Å². The molecular formula is C15H24N2O3. The normalized spacial score (nSPS) is 10.4. The van der Waals surface area contributed by atoms with Crippen LogP contribution in [-0.4, -0.2) is 38.8 Å². The van der Waals surface area contributed by atoms with Crippen LogP contribution in [0.25, 0.3) is 0 Å². The first kappa shape index (κ1) is 16.3. The van der Waals surface area contributed by atoms with Crippen LogP contribution < -0.4 is 20.1 Å². The maximum absolute atomic E-state index is 11.5. The molecule has 0 spiro atoms. The maximum atomic E-state index is 11.5. The highest BCUT2D eigenvalue weighted by Gasteiger charge is 2.01. The molecular weight excluding hydrogens is 256 g/mol. The van der Waals surface area contributed by atoms with Crippen molar-refractivity contribution in [3.8, 4) is 11.5 Å². The van der Waals surface area contributed by atoms with E-state index in [2.05, 4.69) is 24.5 Å². The molecule has 0 aromatic heterocycles. The van der Waals surface area contributed by atoms with E-state index in [4.69, 9.17) is 9.47 Å². The summed E-state index contributed by atoms with van der Waals surface area (Å²) in [4.78, 5) is 11.5. The van der Waals surface area contributed by atoms with Crippen molar-refractivity contribution in [3.63, 3.8) is 0 Å². The molecule has 2 N–H and O–H groups in total. The predicted octanol–water partition coefficient (Wildman–Crippen LogP) is 1.58. The third kappa shape index (κ3) is 6.99. The summed E-state index contributed by atoms with van der Waals surface area (Å²) in [5.41, 5.74) is 0. The lowest BCUT2D eigenvalue weighted by atomic mass is 10.3. The van der Waals surface area contributed by atoms with E-state index in [-0.39, 0.29) is 5.91 Å². The highest BCUT2D eigenvalue weighted by molar-refractivity contribution is 5.76. The first-order valence-electron chi connectivity index (χ1n) is 6.88. The molecule has 0 bridgehead atoms. The highest BCUT2D eigenvalue weighted by atomic mass is 16.5. The Morgan fingerprint density at radius 1 is 1.15 bits per heavy atom. The van der Waals surface area contributed by atoms with Crippen molar-refractivity contribution in [2.75, 3.05) is 26.8 Å². The number of hydrogen-bond acceptors (Lipinski definition) is 4. The molecule has 1 rings (SSSR count). The van der Waals surface area contributed by atoms with Gasteiger partial charge in [-0.3, -0.25) is 4.79 Å². The predicted molar refractivity (Wildman–Crippen MR) is 79.3 cm³/mol. The van der Waals surface area contributed by atoms with Gasteiger partial charge in [-0.15, -0.1) is 0 Å². The van der Waals surface area contributed by atoms with E-state index in [1.54, 1.807) is 7.11 Å². The van der Waals surface area contributed by atoms with Crippen molar-refractivity contribution in [2.24, 2.45) is 0 Å². The van der Waals surface area contributed by atoms with Gasteiger partial charge in [0.25, 0.3) is 0 Å². The number of rotatable bonds is 9. The van der Waals surface area contributed by atoms with Crippen molar-refractivity contribution < 1.29 is 14.3 Å². The standard InChI is InChI=1S/C15H24N2O3/c1-12(2)16-9-8-15(18)17-10-11-20-14-6-4-13(19-3)5-7-14/h4-7,12,16H,8-11H2,1-3H3,(H,17,18). The molecule has 1 aromatic carbocycles.